The Morgan fingerprint density at radius 1 is 1.17 bits per heavy atom. The molecule has 23 heavy (non-hydrogen) atoms. The Bertz CT molecular complexity index is 619. The molecule has 0 aromatic carbocycles. The van der Waals surface area contributed by atoms with Crippen LogP contribution in [0.4, 0.5) is 30.7 Å². The van der Waals surface area contributed by atoms with Crippen LogP contribution in [0.25, 0.3) is 0 Å². The summed E-state index contributed by atoms with van der Waals surface area (Å²) in [6.45, 7) is -1.10. The van der Waals surface area contributed by atoms with Gasteiger partial charge in [0.25, 0.3) is 11.8 Å². The maximum atomic E-state index is 13.9. The van der Waals surface area contributed by atoms with E-state index < -0.39 is 66.4 Å². The van der Waals surface area contributed by atoms with Gasteiger partial charge < -0.3 is 5.11 Å². The molecule has 0 unspecified atom stereocenters. The summed E-state index contributed by atoms with van der Waals surface area (Å²) in [5, 5.41) is 12.7. The highest BCUT2D eigenvalue weighted by Gasteiger charge is 2.53. The maximum Gasteiger partial charge on any atom is 0.435 e. The van der Waals surface area contributed by atoms with Gasteiger partial charge in [0.05, 0.1) is 0 Å². The second kappa shape index (κ2) is 4.84. The Kier molecular flexibility index (Phi) is 3.48. The van der Waals surface area contributed by atoms with Gasteiger partial charge in [-0.2, -0.15) is 18.3 Å². The molecule has 0 amide bonds. The van der Waals surface area contributed by atoms with Crippen LogP contribution in [0, 0.1) is 5.92 Å². The smallest absolute Gasteiger partial charge is 0.382 e. The van der Waals surface area contributed by atoms with Crippen LogP contribution in [-0.2, 0) is 19.1 Å². The number of rotatable bonds is 3. The minimum absolute atomic E-state index is 0.267. The summed E-state index contributed by atoms with van der Waals surface area (Å²) in [6, 6.07) is 0. The zero-order chi connectivity index (χ0) is 17.2. The van der Waals surface area contributed by atoms with Gasteiger partial charge in [-0.25, -0.2) is 17.6 Å². The van der Waals surface area contributed by atoms with Crippen LogP contribution in [0.5, 0.6) is 0 Å². The van der Waals surface area contributed by atoms with Crippen LogP contribution in [0.3, 0.4) is 0 Å². The molecule has 1 aromatic rings. The van der Waals surface area contributed by atoms with E-state index in [9.17, 15) is 35.8 Å². The molecule has 3 rings (SSSR count). The number of halogens is 7. The molecule has 1 heterocycles. The lowest BCUT2D eigenvalue weighted by Crippen LogP contribution is -2.34. The number of aromatic nitrogens is 2. The third-order valence-corrected chi connectivity index (χ3v) is 4.27. The Balaban J connectivity index is 2.06. The molecule has 10 heteroatoms. The van der Waals surface area contributed by atoms with Crippen molar-refractivity contribution in [2.75, 3.05) is 0 Å². The third-order valence-electron chi connectivity index (χ3n) is 4.27. The zero-order valence-electron chi connectivity index (χ0n) is 11.7. The lowest BCUT2D eigenvalue weighted by atomic mass is 9.89. The molecule has 3 nitrogen and oxygen atoms in total. The van der Waals surface area contributed by atoms with Gasteiger partial charge >= 0.3 is 6.18 Å². The molecular weight excluding hydrogens is 333 g/mol. The first-order valence-electron chi connectivity index (χ1n) is 7.04. The minimum Gasteiger partial charge on any atom is -0.382 e. The fourth-order valence-corrected chi connectivity index (χ4v) is 2.87. The minimum atomic E-state index is -5.11. The molecule has 1 atom stereocenters. The molecule has 2 aliphatic rings. The van der Waals surface area contributed by atoms with Gasteiger partial charge in [-0.15, -0.1) is 0 Å². The molecule has 1 fully saturated rings. The molecule has 1 aromatic heterocycles. The summed E-state index contributed by atoms with van der Waals surface area (Å²) >= 11 is 0. The lowest BCUT2D eigenvalue weighted by molar-refractivity contribution is -0.150. The molecule has 0 aliphatic heterocycles. The number of fused-ring (bicyclic) bond motifs is 1. The standard InChI is InChI=1S/C13H13F7N2O/c14-11(15)4-3-7-8(10(11)23)9(13(18,19)20)21-22(7)5-12(16,17)6-1-2-6/h6,10,23H,1-5H2/t10-/m0/s1. The van der Waals surface area contributed by atoms with Crippen LogP contribution < -0.4 is 0 Å². The quantitative estimate of drug-likeness (QED) is 0.850. The second-order valence-corrected chi connectivity index (χ2v) is 6.06. The number of aliphatic hydroxyl groups is 1. The normalized spacial score (nSPS) is 24.6. The fraction of sp³-hybridized carbons (Fsp3) is 0.769. The van der Waals surface area contributed by atoms with Gasteiger partial charge in [0, 0.05) is 23.6 Å². The Morgan fingerprint density at radius 2 is 1.78 bits per heavy atom. The van der Waals surface area contributed by atoms with E-state index in [1.165, 1.54) is 0 Å². The summed E-state index contributed by atoms with van der Waals surface area (Å²) < 4.78 is 94.2. The van der Waals surface area contributed by atoms with E-state index in [0.717, 1.165) is 0 Å². The van der Waals surface area contributed by atoms with Crippen molar-refractivity contribution in [3.05, 3.63) is 17.0 Å². The molecule has 0 bridgehead atoms. The lowest BCUT2D eigenvalue weighted by Gasteiger charge is -2.29. The first-order valence-corrected chi connectivity index (χ1v) is 7.04. The Hall–Kier alpha value is -1.32. The van der Waals surface area contributed by atoms with Crippen LogP contribution in [0.15, 0.2) is 0 Å². The second-order valence-electron chi connectivity index (χ2n) is 6.06. The van der Waals surface area contributed by atoms with Gasteiger partial charge in [-0.05, 0) is 19.3 Å². The maximum absolute atomic E-state index is 13.9. The zero-order valence-corrected chi connectivity index (χ0v) is 11.7. The summed E-state index contributed by atoms with van der Waals surface area (Å²) in [5.74, 6) is -7.93. The van der Waals surface area contributed by atoms with Gasteiger partial charge in [0.2, 0.25) is 0 Å². The van der Waals surface area contributed by atoms with E-state index in [-0.39, 0.29) is 12.8 Å². The van der Waals surface area contributed by atoms with Crippen molar-refractivity contribution < 1.29 is 35.8 Å². The largest absolute Gasteiger partial charge is 0.435 e. The molecule has 0 radical (unpaired) electrons. The van der Waals surface area contributed by atoms with Gasteiger partial charge in [0.1, 0.15) is 12.6 Å². The highest BCUT2D eigenvalue weighted by atomic mass is 19.4. The Labute approximate surface area is 126 Å². The van der Waals surface area contributed by atoms with E-state index in [1.807, 2.05) is 0 Å². The molecule has 1 N–H and O–H groups in total. The van der Waals surface area contributed by atoms with E-state index in [1.54, 1.807) is 0 Å². The molecule has 0 spiro atoms. The topological polar surface area (TPSA) is 38.1 Å². The van der Waals surface area contributed by atoms with Crippen molar-refractivity contribution in [2.24, 2.45) is 5.92 Å². The highest BCUT2D eigenvalue weighted by Crippen LogP contribution is 2.48. The molecule has 0 saturated heterocycles. The predicted octanol–water partition coefficient (Wildman–Crippen LogP) is 3.56. The molecule has 1 saturated carbocycles. The number of nitrogens with zero attached hydrogens (tertiary/aromatic N) is 2. The van der Waals surface area contributed by atoms with Crippen LogP contribution in [-0.4, -0.2) is 26.7 Å². The van der Waals surface area contributed by atoms with Crippen molar-refractivity contribution in [1.82, 2.24) is 9.78 Å². The van der Waals surface area contributed by atoms with E-state index in [2.05, 4.69) is 5.10 Å². The average Bonchev–Trinajstić information content (AvgIpc) is 3.17. The summed E-state index contributed by atoms with van der Waals surface area (Å²) in [6.07, 6.45) is -8.75. The number of alkyl halides is 7. The van der Waals surface area contributed by atoms with Crippen LogP contribution >= 0.6 is 0 Å². The molecule has 2 aliphatic carbocycles. The van der Waals surface area contributed by atoms with E-state index >= 15 is 0 Å². The fourth-order valence-electron chi connectivity index (χ4n) is 2.87. The van der Waals surface area contributed by atoms with E-state index in [4.69, 9.17) is 0 Å². The van der Waals surface area contributed by atoms with E-state index in [0.29, 0.717) is 4.68 Å². The van der Waals surface area contributed by atoms with Crippen molar-refractivity contribution in [2.45, 2.75) is 56.4 Å². The third kappa shape index (κ3) is 2.81. The molecular formula is C13H13F7N2O. The number of aliphatic hydroxyl groups excluding tert-OH is 1. The highest BCUT2D eigenvalue weighted by molar-refractivity contribution is 5.35. The molecule has 130 valence electrons. The van der Waals surface area contributed by atoms with Crippen LogP contribution in [0.1, 0.15) is 42.3 Å². The monoisotopic (exact) mass is 346 g/mol. The van der Waals surface area contributed by atoms with Crippen molar-refractivity contribution in [3.8, 4) is 0 Å². The Morgan fingerprint density at radius 3 is 2.30 bits per heavy atom. The van der Waals surface area contributed by atoms with Crippen molar-refractivity contribution in [1.29, 1.82) is 0 Å². The number of hydrogen-bond donors (Lipinski definition) is 1. The van der Waals surface area contributed by atoms with Crippen molar-refractivity contribution in [3.63, 3.8) is 0 Å². The van der Waals surface area contributed by atoms with Crippen molar-refractivity contribution >= 4 is 0 Å². The summed E-state index contributed by atoms with van der Waals surface area (Å²) in [7, 11) is 0. The SMILES string of the molecule is O[C@H]1c2c(C(F)(F)F)nn(CC(F)(F)C3CC3)c2CCC1(F)F. The van der Waals surface area contributed by atoms with Gasteiger partial charge in [-0.3, -0.25) is 4.68 Å². The first-order chi connectivity index (χ1) is 10.4. The summed E-state index contributed by atoms with van der Waals surface area (Å²) in [5.41, 5.74) is -3.19. The van der Waals surface area contributed by atoms with Gasteiger partial charge in [0.15, 0.2) is 5.69 Å². The first kappa shape index (κ1) is 16.5. The number of hydrogen-bond acceptors (Lipinski definition) is 2. The average molecular weight is 346 g/mol. The predicted molar refractivity (Wildman–Crippen MR) is 63.1 cm³/mol. The van der Waals surface area contributed by atoms with Gasteiger partial charge in [-0.1, -0.05) is 0 Å². The van der Waals surface area contributed by atoms with Crippen LogP contribution in [0.2, 0.25) is 0 Å². The summed E-state index contributed by atoms with van der Waals surface area (Å²) in [4.78, 5) is 0.